The standard InChI is InChI=1S/C28H43N5O2/c1-20(2)21-7-9-22(10-8-21)32-16-11-23(12-17-32)33-26(19-35-28(29)34)25(18-31-14-3-4-15-31)24-6-5-13-30-27(24)33/h5-6,13,20-23H,3-4,7-12,14-19H2,1-2H3,(H2,29,34)/t21-,22+. The van der Waals surface area contributed by atoms with Crippen molar-refractivity contribution in [3.8, 4) is 0 Å². The molecule has 1 saturated carbocycles. The number of pyridine rings is 1. The van der Waals surface area contributed by atoms with Crippen molar-refractivity contribution < 1.29 is 9.53 Å². The molecule has 4 heterocycles. The SMILES string of the molecule is CC(C)[C@H]1CC[C@@H](N2CCC(n3c(COC(N)=O)c(CN4CCCC4)c4cccnc43)CC2)CC1. The summed E-state index contributed by atoms with van der Waals surface area (Å²) < 4.78 is 7.80. The van der Waals surface area contributed by atoms with Gasteiger partial charge in [0.05, 0.1) is 5.69 Å². The lowest BCUT2D eigenvalue weighted by Crippen LogP contribution is -2.44. The minimum atomic E-state index is -0.714. The Labute approximate surface area is 210 Å². The number of hydrogen-bond donors (Lipinski definition) is 1. The summed E-state index contributed by atoms with van der Waals surface area (Å²) in [6.07, 6.45) is 11.3. The van der Waals surface area contributed by atoms with Crippen LogP contribution in [0.4, 0.5) is 4.79 Å². The molecule has 3 fully saturated rings. The van der Waals surface area contributed by atoms with E-state index < -0.39 is 6.09 Å². The van der Waals surface area contributed by atoms with Crippen LogP contribution in [0.1, 0.15) is 82.5 Å². The van der Waals surface area contributed by atoms with E-state index in [1.54, 1.807) is 0 Å². The minimum Gasteiger partial charge on any atom is -0.443 e. The molecule has 0 atom stereocenters. The number of carbonyl (C=O) groups excluding carboxylic acids is 1. The molecule has 7 nitrogen and oxygen atoms in total. The van der Waals surface area contributed by atoms with Crippen molar-refractivity contribution in [3.05, 3.63) is 29.6 Å². The van der Waals surface area contributed by atoms with Crippen LogP contribution >= 0.6 is 0 Å². The normalized spacial score (nSPS) is 25.0. The third-order valence-corrected chi connectivity index (χ3v) is 8.98. The van der Waals surface area contributed by atoms with Gasteiger partial charge in [-0.25, -0.2) is 9.78 Å². The summed E-state index contributed by atoms with van der Waals surface area (Å²) in [5.74, 6) is 1.72. The Hall–Kier alpha value is -2.12. The number of likely N-dealkylation sites (tertiary alicyclic amines) is 2. The lowest BCUT2D eigenvalue weighted by atomic mass is 9.79. The van der Waals surface area contributed by atoms with Gasteiger partial charge in [0.1, 0.15) is 12.3 Å². The number of primary amides is 1. The van der Waals surface area contributed by atoms with E-state index in [1.165, 1.54) is 49.5 Å². The van der Waals surface area contributed by atoms with Crippen LogP contribution < -0.4 is 5.73 Å². The number of nitrogens with two attached hydrogens (primary N) is 1. The van der Waals surface area contributed by atoms with E-state index in [9.17, 15) is 4.79 Å². The molecule has 2 saturated heterocycles. The number of ether oxygens (including phenoxy) is 1. The van der Waals surface area contributed by atoms with Crippen molar-refractivity contribution in [1.82, 2.24) is 19.4 Å². The second-order valence-corrected chi connectivity index (χ2v) is 11.3. The van der Waals surface area contributed by atoms with Gasteiger partial charge in [-0.15, -0.1) is 0 Å². The number of hydrogen-bond acceptors (Lipinski definition) is 5. The van der Waals surface area contributed by atoms with E-state index in [2.05, 4.69) is 34.3 Å². The van der Waals surface area contributed by atoms with Crippen LogP contribution in [-0.4, -0.2) is 57.7 Å². The van der Waals surface area contributed by atoms with E-state index in [4.69, 9.17) is 15.5 Å². The molecule has 0 bridgehead atoms. The highest BCUT2D eigenvalue weighted by Crippen LogP contribution is 2.37. The van der Waals surface area contributed by atoms with Gasteiger partial charge in [0.25, 0.3) is 0 Å². The summed E-state index contributed by atoms with van der Waals surface area (Å²) in [6.45, 7) is 10.4. The molecule has 7 heteroatoms. The Bertz CT molecular complexity index is 996. The van der Waals surface area contributed by atoms with E-state index in [1.807, 2.05) is 12.3 Å². The average molecular weight is 482 g/mol. The quantitative estimate of drug-likeness (QED) is 0.597. The summed E-state index contributed by atoms with van der Waals surface area (Å²) in [5, 5.41) is 1.19. The molecule has 0 aromatic carbocycles. The molecule has 1 amide bonds. The van der Waals surface area contributed by atoms with Crippen LogP contribution in [0.5, 0.6) is 0 Å². The zero-order valence-corrected chi connectivity index (χ0v) is 21.6. The second kappa shape index (κ2) is 10.9. The number of aromatic nitrogens is 2. The van der Waals surface area contributed by atoms with Gasteiger partial charge in [-0.05, 0) is 88.4 Å². The maximum absolute atomic E-state index is 11.6. The maximum Gasteiger partial charge on any atom is 0.404 e. The fourth-order valence-electron chi connectivity index (χ4n) is 6.93. The van der Waals surface area contributed by atoms with E-state index >= 15 is 0 Å². The molecule has 3 aliphatic rings. The zero-order chi connectivity index (χ0) is 24.4. The van der Waals surface area contributed by atoms with Gasteiger partial charge in [0.2, 0.25) is 0 Å². The van der Waals surface area contributed by atoms with Crippen molar-refractivity contribution in [2.75, 3.05) is 26.2 Å². The zero-order valence-electron chi connectivity index (χ0n) is 21.6. The third kappa shape index (κ3) is 5.36. The first-order valence-corrected chi connectivity index (χ1v) is 13.9. The summed E-state index contributed by atoms with van der Waals surface area (Å²) >= 11 is 0. The second-order valence-electron chi connectivity index (χ2n) is 11.3. The van der Waals surface area contributed by atoms with Crippen molar-refractivity contribution in [2.45, 2.75) is 90.4 Å². The topological polar surface area (TPSA) is 76.6 Å². The maximum atomic E-state index is 11.6. The van der Waals surface area contributed by atoms with Crippen LogP contribution in [0, 0.1) is 11.8 Å². The van der Waals surface area contributed by atoms with Crippen LogP contribution in [-0.2, 0) is 17.9 Å². The number of rotatable bonds is 7. The number of nitrogens with zero attached hydrogens (tertiary/aromatic N) is 4. The van der Waals surface area contributed by atoms with Crippen molar-refractivity contribution in [1.29, 1.82) is 0 Å². The molecule has 0 spiro atoms. The first-order valence-electron chi connectivity index (χ1n) is 13.9. The van der Waals surface area contributed by atoms with E-state index in [-0.39, 0.29) is 6.61 Å². The minimum absolute atomic E-state index is 0.217. The largest absolute Gasteiger partial charge is 0.443 e. The molecule has 5 rings (SSSR count). The number of piperidine rings is 1. The highest BCUT2D eigenvalue weighted by molar-refractivity contribution is 5.82. The summed E-state index contributed by atoms with van der Waals surface area (Å²) in [6, 6.07) is 5.32. The number of amides is 1. The lowest BCUT2D eigenvalue weighted by Gasteiger charge is -2.42. The Kier molecular flexibility index (Phi) is 7.63. The molecule has 192 valence electrons. The van der Waals surface area contributed by atoms with Gasteiger partial charge < -0.3 is 19.9 Å². The Morgan fingerprint density at radius 3 is 2.43 bits per heavy atom. The van der Waals surface area contributed by atoms with Gasteiger partial charge >= 0.3 is 6.09 Å². The van der Waals surface area contributed by atoms with Crippen molar-refractivity contribution in [2.24, 2.45) is 17.6 Å². The molecule has 0 radical (unpaired) electrons. The Morgan fingerprint density at radius 2 is 1.77 bits per heavy atom. The van der Waals surface area contributed by atoms with Gasteiger partial charge in [-0.2, -0.15) is 0 Å². The van der Waals surface area contributed by atoms with Gasteiger partial charge in [-0.1, -0.05) is 13.8 Å². The summed E-state index contributed by atoms with van der Waals surface area (Å²) in [5.41, 5.74) is 8.77. The number of fused-ring (bicyclic) bond motifs is 1. The highest BCUT2D eigenvalue weighted by atomic mass is 16.5. The Balaban J connectivity index is 1.36. The van der Waals surface area contributed by atoms with Crippen molar-refractivity contribution >= 4 is 17.1 Å². The highest BCUT2D eigenvalue weighted by Gasteiger charge is 2.32. The summed E-state index contributed by atoms with van der Waals surface area (Å²) in [4.78, 5) is 21.7. The molecule has 1 aliphatic carbocycles. The van der Waals surface area contributed by atoms with E-state index in [0.717, 1.165) is 74.8 Å². The van der Waals surface area contributed by atoms with E-state index in [0.29, 0.717) is 6.04 Å². The molecule has 2 aromatic heterocycles. The molecule has 0 unspecified atom stereocenters. The smallest absolute Gasteiger partial charge is 0.404 e. The predicted molar refractivity (Wildman–Crippen MR) is 139 cm³/mol. The molecular weight excluding hydrogens is 438 g/mol. The molecule has 35 heavy (non-hydrogen) atoms. The fraction of sp³-hybridized carbons (Fsp3) is 0.714. The Morgan fingerprint density at radius 1 is 1.06 bits per heavy atom. The predicted octanol–water partition coefficient (Wildman–Crippen LogP) is 5.08. The first kappa shape index (κ1) is 24.6. The average Bonchev–Trinajstić information content (AvgIpc) is 3.49. The molecule has 2 N–H and O–H groups in total. The van der Waals surface area contributed by atoms with Gasteiger partial charge in [-0.3, -0.25) is 4.90 Å². The lowest BCUT2D eigenvalue weighted by molar-refractivity contribution is 0.0874. The first-order chi connectivity index (χ1) is 17.0. The monoisotopic (exact) mass is 481 g/mol. The van der Waals surface area contributed by atoms with Crippen LogP contribution in [0.3, 0.4) is 0 Å². The van der Waals surface area contributed by atoms with Crippen LogP contribution in [0.2, 0.25) is 0 Å². The summed E-state index contributed by atoms with van der Waals surface area (Å²) in [7, 11) is 0. The number of carbonyl (C=O) groups is 1. The van der Waals surface area contributed by atoms with Crippen LogP contribution in [0.15, 0.2) is 18.3 Å². The van der Waals surface area contributed by atoms with Crippen LogP contribution in [0.25, 0.3) is 11.0 Å². The molecule has 2 aliphatic heterocycles. The van der Waals surface area contributed by atoms with Crippen molar-refractivity contribution in [3.63, 3.8) is 0 Å². The fourth-order valence-corrected chi connectivity index (χ4v) is 6.93. The van der Waals surface area contributed by atoms with Gasteiger partial charge in [0.15, 0.2) is 0 Å². The molecule has 2 aromatic rings. The molecular formula is C28H43N5O2. The third-order valence-electron chi connectivity index (χ3n) is 8.98. The van der Waals surface area contributed by atoms with Gasteiger partial charge in [0, 0.05) is 48.9 Å².